The number of pyridine rings is 2. The van der Waals surface area contributed by atoms with E-state index in [1.165, 1.54) is 6.21 Å². The highest BCUT2D eigenvalue weighted by Crippen LogP contribution is 2.38. The van der Waals surface area contributed by atoms with Crippen molar-refractivity contribution in [1.82, 2.24) is 20.2 Å². The van der Waals surface area contributed by atoms with Crippen molar-refractivity contribution in [2.24, 2.45) is 5.92 Å². The number of rotatable bonds is 5. The van der Waals surface area contributed by atoms with Gasteiger partial charge in [0.25, 0.3) is 0 Å². The summed E-state index contributed by atoms with van der Waals surface area (Å²) < 4.78 is 5.45. The molecule has 2 saturated heterocycles. The Morgan fingerprint density at radius 3 is 2.83 bits per heavy atom. The molecule has 2 aliphatic heterocycles. The molecular weight excluding hydrogens is 382 g/mol. The Morgan fingerprint density at radius 1 is 1.37 bits per heavy atom. The molecule has 0 radical (unpaired) electrons. The Morgan fingerprint density at radius 2 is 2.17 bits per heavy atom. The fourth-order valence-electron chi connectivity index (χ4n) is 4.31. The van der Waals surface area contributed by atoms with E-state index < -0.39 is 0 Å². The maximum atomic E-state index is 12.7. The molecular formula is C21H27N7O2. The number of ether oxygens (including phenoxy) is 1. The Bertz CT molecular complexity index is 960. The Hall–Kier alpha value is -3.04. The third-order valence-electron chi connectivity index (χ3n) is 5.97. The van der Waals surface area contributed by atoms with Crippen LogP contribution in [0, 0.1) is 18.3 Å². The first kappa shape index (κ1) is 20.2. The molecule has 2 amide bonds. The van der Waals surface area contributed by atoms with Gasteiger partial charge in [-0.15, -0.1) is 0 Å². The smallest absolute Gasteiger partial charge is 0.320 e. The fraction of sp³-hybridized carbons (Fsp3) is 0.429. The SMILES string of the molecule is Cc1cc(Nc2cnc(NC(=O)N[C@H]3[C@H](C)CN(C)C34COC4)cc2C=N)ccn1. The van der Waals surface area contributed by atoms with E-state index in [4.69, 9.17) is 10.1 Å². The van der Waals surface area contributed by atoms with E-state index in [2.05, 4.69) is 44.8 Å². The van der Waals surface area contributed by atoms with E-state index in [0.29, 0.717) is 36.2 Å². The standard InChI is InChI=1S/C21H27N7O2/c1-13-10-28(3)21(11-30-12-21)19(13)27-20(29)26-18-7-15(8-22)17(9-24-18)25-16-4-5-23-14(2)6-16/h4-9,13,19,22H,10-12H2,1-3H3,(H,23,25)(H2,24,26,27,29)/t13-,19+/m1/s1. The lowest BCUT2D eigenvalue weighted by molar-refractivity contribution is -0.125. The molecule has 158 valence electrons. The fourth-order valence-corrected chi connectivity index (χ4v) is 4.31. The zero-order valence-corrected chi connectivity index (χ0v) is 17.4. The van der Waals surface area contributed by atoms with Crippen molar-refractivity contribution >= 4 is 29.4 Å². The van der Waals surface area contributed by atoms with Crippen LogP contribution in [0.2, 0.25) is 0 Å². The molecule has 9 heteroatoms. The van der Waals surface area contributed by atoms with Crippen LogP contribution in [0.1, 0.15) is 18.2 Å². The van der Waals surface area contributed by atoms with Gasteiger partial charge in [0.15, 0.2) is 0 Å². The molecule has 4 rings (SSSR count). The quantitative estimate of drug-likeness (QED) is 0.564. The van der Waals surface area contributed by atoms with Gasteiger partial charge in [-0.3, -0.25) is 15.2 Å². The Kier molecular flexibility index (Phi) is 5.40. The second kappa shape index (κ2) is 8.00. The zero-order chi connectivity index (χ0) is 21.3. The summed E-state index contributed by atoms with van der Waals surface area (Å²) in [7, 11) is 2.08. The maximum Gasteiger partial charge on any atom is 0.320 e. The third-order valence-corrected chi connectivity index (χ3v) is 5.97. The number of carbonyl (C=O) groups excluding carboxylic acids is 1. The van der Waals surface area contributed by atoms with Crippen molar-refractivity contribution in [3.8, 4) is 0 Å². The minimum atomic E-state index is -0.303. The number of nitrogens with zero attached hydrogens (tertiary/aromatic N) is 3. The number of carbonyl (C=O) groups is 1. The number of amides is 2. The molecule has 0 unspecified atom stereocenters. The highest BCUT2D eigenvalue weighted by atomic mass is 16.5. The van der Waals surface area contributed by atoms with Crippen LogP contribution in [-0.2, 0) is 4.74 Å². The van der Waals surface area contributed by atoms with Crippen molar-refractivity contribution in [2.45, 2.75) is 25.4 Å². The van der Waals surface area contributed by atoms with Gasteiger partial charge in [-0.2, -0.15) is 0 Å². The van der Waals surface area contributed by atoms with Crippen LogP contribution in [0.3, 0.4) is 0 Å². The van der Waals surface area contributed by atoms with Crippen LogP contribution >= 0.6 is 0 Å². The third kappa shape index (κ3) is 3.73. The van der Waals surface area contributed by atoms with Gasteiger partial charge < -0.3 is 20.8 Å². The number of likely N-dealkylation sites (tertiary alicyclic amines) is 1. The van der Waals surface area contributed by atoms with Crippen molar-refractivity contribution in [2.75, 3.05) is 37.4 Å². The molecule has 2 fully saturated rings. The molecule has 9 nitrogen and oxygen atoms in total. The summed E-state index contributed by atoms with van der Waals surface area (Å²) in [6.07, 6.45) is 4.56. The first-order valence-electron chi connectivity index (χ1n) is 9.98. The Labute approximate surface area is 175 Å². The maximum absolute atomic E-state index is 12.7. The summed E-state index contributed by atoms with van der Waals surface area (Å²) in [4.78, 5) is 23.5. The number of likely N-dealkylation sites (N-methyl/N-ethyl adjacent to an activating group) is 1. The molecule has 4 N–H and O–H groups in total. The average molecular weight is 409 g/mol. The molecule has 2 aromatic heterocycles. The van der Waals surface area contributed by atoms with Gasteiger partial charge in [0, 0.05) is 35.9 Å². The zero-order valence-electron chi connectivity index (χ0n) is 17.4. The molecule has 4 heterocycles. The van der Waals surface area contributed by atoms with Gasteiger partial charge in [-0.25, -0.2) is 9.78 Å². The second-order valence-electron chi connectivity index (χ2n) is 8.14. The number of aryl methyl sites for hydroxylation is 1. The van der Waals surface area contributed by atoms with Crippen LogP contribution in [0.5, 0.6) is 0 Å². The van der Waals surface area contributed by atoms with Crippen molar-refractivity contribution in [3.05, 3.63) is 41.9 Å². The lowest BCUT2D eigenvalue weighted by atomic mass is 9.85. The largest absolute Gasteiger partial charge is 0.377 e. The molecule has 2 aromatic rings. The lowest BCUT2D eigenvalue weighted by Crippen LogP contribution is -2.68. The summed E-state index contributed by atoms with van der Waals surface area (Å²) >= 11 is 0. The monoisotopic (exact) mass is 409 g/mol. The first-order chi connectivity index (χ1) is 14.4. The van der Waals surface area contributed by atoms with Gasteiger partial charge in [0.2, 0.25) is 0 Å². The van der Waals surface area contributed by atoms with E-state index in [1.807, 2.05) is 19.1 Å². The van der Waals surface area contributed by atoms with Crippen molar-refractivity contribution in [3.63, 3.8) is 0 Å². The van der Waals surface area contributed by atoms with Gasteiger partial charge >= 0.3 is 6.03 Å². The lowest BCUT2D eigenvalue weighted by Gasteiger charge is -2.47. The van der Waals surface area contributed by atoms with Crippen molar-refractivity contribution in [1.29, 1.82) is 5.41 Å². The minimum Gasteiger partial charge on any atom is -0.377 e. The van der Waals surface area contributed by atoms with Crippen LogP contribution < -0.4 is 16.0 Å². The second-order valence-corrected chi connectivity index (χ2v) is 8.14. The minimum absolute atomic E-state index is 0.00864. The highest BCUT2D eigenvalue weighted by Gasteiger charge is 2.56. The highest BCUT2D eigenvalue weighted by molar-refractivity contribution is 5.92. The van der Waals surface area contributed by atoms with E-state index in [1.54, 1.807) is 18.5 Å². The summed E-state index contributed by atoms with van der Waals surface area (Å²) in [5, 5.41) is 16.9. The molecule has 0 aliphatic carbocycles. The average Bonchev–Trinajstić information content (AvgIpc) is 2.92. The first-order valence-corrected chi connectivity index (χ1v) is 9.98. The van der Waals surface area contributed by atoms with Crippen LogP contribution in [0.4, 0.5) is 22.0 Å². The van der Waals surface area contributed by atoms with Crippen LogP contribution in [-0.4, -0.2) is 65.5 Å². The molecule has 1 spiro atoms. The number of nitrogens with one attached hydrogen (secondary N) is 4. The molecule has 0 aromatic carbocycles. The van der Waals surface area contributed by atoms with E-state index >= 15 is 0 Å². The van der Waals surface area contributed by atoms with Gasteiger partial charge in [0.1, 0.15) is 5.82 Å². The summed E-state index contributed by atoms with van der Waals surface area (Å²) in [5.41, 5.74) is 2.92. The van der Waals surface area contributed by atoms with Gasteiger partial charge in [-0.05, 0) is 38.1 Å². The topological polar surface area (TPSA) is 115 Å². The van der Waals surface area contributed by atoms with Crippen molar-refractivity contribution < 1.29 is 9.53 Å². The summed E-state index contributed by atoms with van der Waals surface area (Å²) in [5.74, 6) is 0.713. The number of hydrogen-bond acceptors (Lipinski definition) is 7. The Balaban J connectivity index is 1.44. The van der Waals surface area contributed by atoms with Crippen LogP contribution in [0.15, 0.2) is 30.6 Å². The normalized spacial score (nSPS) is 22.4. The van der Waals surface area contributed by atoms with E-state index in [-0.39, 0.29) is 17.6 Å². The van der Waals surface area contributed by atoms with Gasteiger partial charge in [0.05, 0.1) is 36.7 Å². The van der Waals surface area contributed by atoms with E-state index in [0.717, 1.165) is 17.9 Å². The number of urea groups is 1. The summed E-state index contributed by atoms with van der Waals surface area (Å²) in [6, 6.07) is 5.14. The molecule has 2 aliphatic rings. The predicted octanol–water partition coefficient (Wildman–Crippen LogP) is 2.37. The number of aromatic nitrogens is 2. The molecule has 30 heavy (non-hydrogen) atoms. The molecule has 2 atom stereocenters. The van der Waals surface area contributed by atoms with Crippen LogP contribution in [0.25, 0.3) is 0 Å². The number of anilines is 3. The predicted molar refractivity (Wildman–Crippen MR) is 116 cm³/mol. The van der Waals surface area contributed by atoms with Gasteiger partial charge in [-0.1, -0.05) is 6.92 Å². The molecule has 0 saturated carbocycles. The molecule has 0 bridgehead atoms. The number of hydrogen-bond donors (Lipinski definition) is 4. The van der Waals surface area contributed by atoms with E-state index in [9.17, 15) is 4.79 Å². The summed E-state index contributed by atoms with van der Waals surface area (Å²) in [6.45, 7) is 6.23.